The van der Waals surface area contributed by atoms with Crippen LogP contribution in [0.15, 0.2) is 18.2 Å². The SMILES string of the molecule is O=C(O)[C@@H]1C[C@]23C[C@](O)(O1)C(=O)C=C2c1ccc(O)c([C@@H]2O[C@H](CO)[C@@H](O)[C@H](O)[C@H]2O)c1O3. The van der Waals surface area contributed by atoms with Crippen molar-refractivity contribution in [3.8, 4) is 11.5 Å². The minimum Gasteiger partial charge on any atom is -0.507 e. The molecule has 0 saturated carbocycles. The fraction of sp³-hybridized carbons (Fsp3) is 0.524. The van der Waals surface area contributed by atoms with Crippen molar-refractivity contribution in [2.45, 2.75) is 60.9 Å². The number of aliphatic hydroxyl groups is 5. The predicted octanol–water partition coefficient (Wildman–Crippen LogP) is -2.04. The molecule has 7 N–H and O–H groups in total. The van der Waals surface area contributed by atoms with Gasteiger partial charge in [0.2, 0.25) is 11.6 Å². The highest BCUT2D eigenvalue weighted by Crippen LogP contribution is 2.58. The van der Waals surface area contributed by atoms with Crippen molar-refractivity contribution in [1.82, 2.24) is 0 Å². The summed E-state index contributed by atoms with van der Waals surface area (Å²) in [5.74, 6) is -5.14. The van der Waals surface area contributed by atoms with Gasteiger partial charge in [0.15, 0.2) is 6.10 Å². The summed E-state index contributed by atoms with van der Waals surface area (Å²) in [6.07, 6.45) is -8.89. The fourth-order valence-corrected chi connectivity index (χ4v) is 5.12. The van der Waals surface area contributed by atoms with E-state index in [0.29, 0.717) is 5.56 Å². The van der Waals surface area contributed by atoms with Gasteiger partial charge in [0.1, 0.15) is 47.6 Å². The van der Waals surface area contributed by atoms with Gasteiger partial charge in [-0.15, -0.1) is 0 Å². The normalized spacial score (nSPS) is 41.6. The summed E-state index contributed by atoms with van der Waals surface area (Å²) < 4.78 is 16.8. The molecule has 1 aromatic rings. The van der Waals surface area contributed by atoms with E-state index in [1.807, 2.05) is 0 Å². The first-order valence-corrected chi connectivity index (χ1v) is 10.3. The van der Waals surface area contributed by atoms with E-state index in [4.69, 9.17) is 14.2 Å². The van der Waals surface area contributed by atoms with Gasteiger partial charge < -0.3 is 50.0 Å². The Hall–Kier alpha value is -2.58. The molecule has 3 heterocycles. The number of rotatable bonds is 3. The van der Waals surface area contributed by atoms with E-state index < -0.39 is 78.5 Å². The second kappa shape index (κ2) is 7.21. The van der Waals surface area contributed by atoms with Crippen LogP contribution < -0.4 is 4.74 Å². The average Bonchev–Trinajstić information content (AvgIpc) is 3.04. The lowest BCUT2D eigenvalue weighted by atomic mass is 9.72. The Bertz CT molecular complexity index is 1070. The molecule has 0 radical (unpaired) electrons. The van der Waals surface area contributed by atoms with Gasteiger partial charge in [-0.05, 0) is 18.2 Å². The maximum absolute atomic E-state index is 12.6. The van der Waals surface area contributed by atoms with E-state index in [0.717, 1.165) is 6.08 Å². The molecule has 5 rings (SSSR count). The van der Waals surface area contributed by atoms with E-state index in [1.54, 1.807) is 0 Å². The molecule has 0 aromatic heterocycles. The first-order chi connectivity index (χ1) is 15.5. The van der Waals surface area contributed by atoms with Crippen LogP contribution in [-0.2, 0) is 19.1 Å². The zero-order chi connectivity index (χ0) is 23.9. The standard InChI is InChI=1S/C21H22O12/c22-5-11-14(25)15(26)16(27)18(31-11)13-9(23)2-1-7-8-3-12(24)21(30)6-20(8,33-17(7)13)4-10(32-21)19(28)29/h1-3,10-11,14-16,18,22-23,25-27,30H,4-6H2,(H,28,29)/t10-,11+,14+,15-,16+,18-,20-,21-/m0/s1. The first kappa shape index (κ1) is 22.2. The third-order valence-corrected chi connectivity index (χ3v) is 6.74. The van der Waals surface area contributed by atoms with Gasteiger partial charge in [-0.1, -0.05) is 0 Å². The maximum Gasteiger partial charge on any atom is 0.333 e. The third kappa shape index (κ3) is 3.03. The van der Waals surface area contributed by atoms with Gasteiger partial charge in [0, 0.05) is 17.6 Å². The average molecular weight is 466 g/mol. The molecule has 2 fully saturated rings. The topological polar surface area (TPSA) is 203 Å². The molecule has 12 heteroatoms. The number of ether oxygens (including phenoxy) is 3. The zero-order valence-electron chi connectivity index (χ0n) is 17.0. The molecule has 8 atom stereocenters. The largest absolute Gasteiger partial charge is 0.507 e. The number of carboxylic acids is 1. The molecule has 4 aliphatic rings. The van der Waals surface area contributed by atoms with Crippen molar-refractivity contribution in [2.24, 2.45) is 0 Å². The third-order valence-electron chi connectivity index (χ3n) is 6.74. The number of hydrogen-bond acceptors (Lipinski definition) is 11. The molecule has 2 saturated heterocycles. The van der Waals surface area contributed by atoms with Gasteiger partial charge in [-0.2, -0.15) is 0 Å². The molecule has 33 heavy (non-hydrogen) atoms. The van der Waals surface area contributed by atoms with Gasteiger partial charge in [-0.3, -0.25) is 4.79 Å². The predicted molar refractivity (Wildman–Crippen MR) is 104 cm³/mol. The molecule has 1 aromatic carbocycles. The summed E-state index contributed by atoms with van der Waals surface area (Å²) in [5, 5.41) is 71.1. The highest BCUT2D eigenvalue weighted by molar-refractivity contribution is 6.07. The molecule has 0 amide bonds. The minimum absolute atomic E-state index is 0.0475. The number of aliphatic hydroxyl groups excluding tert-OH is 4. The van der Waals surface area contributed by atoms with E-state index >= 15 is 0 Å². The van der Waals surface area contributed by atoms with Crippen molar-refractivity contribution in [1.29, 1.82) is 0 Å². The van der Waals surface area contributed by atoms with Crippen molar-refractivity contribution in [3.05, 3.63) is 29.3 Å². The number of fused-ring (bicyclic) bond motifs is 3. The number of phenols is 1. The Balaban J connectivity index is 1.64. The van der Waals surface area contributed by atoms with E-state index in [9.17, 15) is 45.3 Å². The van der Waals surface area contributed by atoms with Gasteiger partial charge in [0.05, 0.1) is 18.6 Å². The smallest absolute Gasteiger partial charge is 0.333 e. The highest BCUT2D eigenvalue weighted by atomic mass is 16.7. The van der Waals surface area contributed by atoms with Crippen LogP contribution in [-0.4, -0.2) is 96.0 Å². The van der Waals surface area contributed by atoms with E-state index in [1.165, 1.54) is 12.1 Å². The van der Waals surface area contributed by atoms with Crippen LogP contribution in [0.3, 0.4) is 0 Å². The van der Waals surface area contributed by atoms with Gasteiger partial charge in [0.25, 0.3) is 0 Å². The first-order valence-electron chi connectivity index (χ1n) is 10.3. The van der Waals surface area contributed by atoms with Crippen LogP contribution >= 0.6 is 0 Å². The number of aromatic hydroxyl groups is 1. The Kier molecular flexibility index (Phi) is 4.85. The quantitative estimate of drug-likeness (QED) is 0.257. The maximum atomic E-state index is 12.6. The number of carboxylic acid groups (broad SMARTS) is 1. The van der Waals surface area contributed by atoms with Crippen LogP contribution in [0, 0.1) is 0 Å². The molecule has 0 unspecified atom stereocenters. The molecule has 3 aliphatic heterocycles. The Labute approximate surface area is 185 Å². The summed E-state index contributed by atoms with van der Waals surface area (Å²) in [6, 6.07) is 2.68. The van der Waals surface area contributed by atoms with Crippen LogP contribution in [0.25, 0.3) is 5.57 Å². The monoisotopic (exact) mass is 466 g/mol. The van der Waals surface area contributed by atoms with Crippen molar-refractivity contribution in [3.63, 3.8) is 0 Å². The second-order valence-corrected chi connectivity index (χ2v) is 8.75. The Morgan fingerprint density at radius 1 is 1.15 bits per heavy atom. The lowest BCUT2D eigenvalue weighted by Gasteiger charge is -2.47. The van der Waals surface area contributed by atoms with Crippen LogP contribution in [0.4, 0.5) is 0 Å². The summed E-state index contributed by atoms with van der Waals surface area (Å²) >= 11 is 0. The summed E-state index contributed by atoms with van der Waals surface area (Å²) in [4.78, 5) is 24.3. The summed E-state index contributed by atoms with van der Waals surface area (Å²) in [5.41, 5.74) is -1.04. The van der Waals surface area contributed by atoms with Crippen molar-refractivity contribution >= 4 is 17.3 Å². The lowest BCUT2D eigenvalue weighted by molar-refractivity contribution is -0.263. The van der Waals surface area contributed by atoms with E-state index in [2.05, 4.69) is 0 Å². The molecule has 178 valence electrons. The molecule has 1 spiro atoms. The minimum atomic E-state index is -2.42. The summed E-state index contributed by atoms with van der Waals surface area (Å²) in [7, 11) is 0. The van der Waals surface area contributed by atoms with Crippen molar-refractivity contribution in [2.75, 3.05) is 6.61 Å². The molecule has 1 aliphatic carbocycles. The number of ketones is 1. The van der Waals surface area contributed by atoms with Gasteiger partial charge >= 0.3 is 5.97 Å². The Morgan fingerprint density at radius 2 is 1.88 bits per heavy atom. The lowest BCUT2D eigenvalue weighted by Crippen LogP contribution is -2.61. The number of aliphatic carboxylic acids is 1. The fourth-order valence-electron chi connectivity index (χ4n) is 5.12. The van der Waals surface area contributed by atoms with Crippen LogP contribution in [0.1, 0.15) is 30.1 Å². The number of carbonyl (C=O) groups excluding carboxylic acids is 1. The Morgan fingerprint density at radius 3 is 2.55 bits per heavy atom. The molecule has 12 nitrogen and oxygen atoms in total. The van der Waals surface area contributed by atoms with E-state index in [-0.39, 0.29) is 23.3 Å². The number of benzene rings is 1. The van der Waals surface area contributed by atoms with Crippen LogP contribution in [0.5, 0.6) is 11.5 Å². The summed E-state index contributed by atoms with van der Waals surface area (Å²) in [6.45, 7) is -0.688. The molecular weight excluding hydrogens is 444 g/mol. The number of phenolic OH excluding ortho intramolecular Hbond substituents is 1. The number of carbonyl (C=O) groups is 2. The second-order valence-electron chi connectivity index (χ2n) is 8.75. The van der Waals surface area contributed by atoms with Crippen LogP contribution in [0.2, 0.25) is 0 Å². The van der Waals surface area contributed by atoms with Crippen molar-refractivity contribution < 1.29 is 59.5 Å². The highest BCUT2D eigenvalue weighted by Gasteiger charge is 2.63. The molecular formula is C21H22O12. The number of hydrogen-bond donors (Lipinski definition) is 7. The zero-order valence-corrected chi connectivity index (χ0v) is 17.0. The van der Waals surface area contributed by atoms with Gasteiger partial charge in [-0.25, -0.2) is 4.79 Å². The molecule has 2 bridgehead atoms.